The Hall–Kier alpha value is -5.50. The Morgan fingerprint density at radius 1 is 1.02 bits per heavy atom. The van der Waals surface area contributed by atoms with E-state index >= 15 is 0 Å². The van der Waals surface area contributed by atoms with Crippen molar-refractivity contribution in [3.8, 4) is 22.6 Å². The lowest BCUT2D eigenvalue weighted by molar-refractivity contribution is 0.0128. The van der Waals surface area contributed by atoms with E-state index in [1.165, 1.54) is 38.5 Å². The fourth-order valence-corrected chi connectivity index (χ4v) is 6.16. The van der Waals surface area contributed by atoms with E-state index in [1.807, 2.05) is 0 Å². The molecule has 14 heteroatoms. The molecule has 0 aliphatic carbocycles. The molecule has 0 bridgehead atoms. The number of rotatable bonds is 6. The van der Waals surface area contributed by atoms with Gasteiger partial charge < -0.3 is 9.73 Å². The van der Waals surface area contributed by atoms with Crippen LogP contribution in [0.2, 0.25) is 0 Å². The maximum Gasteiger partial charge on any atom is 0.286 e. The molecule has 0 aliphatic rings. The normalized spacial score (nSPS) is 12.4. The van der Waals surface area contributed by atoms with Crippen LogP contribution in [0.25, 0.3) is 61.0 Å². The van der Waals surface area contributed by atoms with Crippen LogP contribution in [0.5, 0.6) is 0 Å². The zero-order valence-corrected chi connectivity index (χ0v) is 26.2. The van der Waals surface area contributed by atoms with Crippen LogP contribution >= 0.6 is 0 Å². The Morgan fingerprint density at radius 3 is 2.49 bits per heavy atom. The first kappa shape index (κ1) is 30.2. The number of carbonyl (C=O) groups is 1. The SMILES string of the molecule is CNC(=O)c1c(-c2ccc(C(C)(F)F)nc2)oc2cc(N(C)S(C)(=O)=O)c(-c3ccc4ncn5c6cccc(F)c6cc5c4n3)cc12. The van der Waals surface area contributed by atoms with Crippen molar-refractivity contribution in [3.63, 3.8) is 0 Å². The maximum absolute atomic E-state index is 14.7. The second-order valence-electron chi connectivity index (χ2n) is 11.2. The summed E-state index contributed by atoms with van der Waals surface area (Å²) in [5, 5.41) is 3.29. The van der Waals surface area contributed by atoms with E-state index in [0.717, 1.165) is 23.6 Å². The smallest absolute Gasteiger partial charge is 0.286 e. The van der Waals surface area contributed by atoms with Gasteiger partial charge in [-0.2, -0.15) is 8.78 Å². The average molecular weight is 659 g/mol. The van der Waals surface area contributed by atoms with Crippen molar-refractivity contribution >= 4 is 60.0 Å². The van der Waals surface area contributed by atoms with Crippen LogP contribution in [-0.2, 0) is 15.9 Å². The van der Waals surface area contributed by atoms with Crippen molar-refractivity contribution in [3.05, 3.63) is 90.3 Å². The summed E-state index contributed by atoms with van der Waals surface area (Å²) in [6.45, 7) is 0.729. The van der Waals surface area contributed by atoms with Crippen molar-refractivity contribution in [1.29, 1.82) is 0 Å². The third kappa shape index (κ3) is 4.92. The lowest BCUT2D eigenvalue weighted by atomic mass is 10.0. The van der Waals surface area contributed by atoms with Gasteiger partial charge in [-0.05, 0) is 48.5 Å². The number of aromatic nitrogens is 4. The minimum Gasteiger partial charge on any atom is -0.455 e. The molecule has 0 aliphatic heterocycles. The van der Waals surface area contributed by atoms with E-state index in [0.29, 0.717) is 44.1 Å². The predicted molar refractivity (Wildman–Crippen MR) is 173 cm³/mol. The summed E-state index contributed by atoms with van der Waals surface area (Å²) in [6, 6.07) is 15.4. The second kappa shape index (κ2) is 10.5. The molecule has 7 aromatic rings. The molecule has 47 heavy (non-hydrogen) atoms. The van der Waals surface area contributed by atoms with E-state index in [9.17, 15) is 26.4 Å². The summed E-state index contributed by atoms with van der Waals surface area (Å²) >= 11 is 0. The molecule has 0 atom stereocenters. The third-order valence-corrected chi connectivity index (χ3v) is 9.30. The molecule has 0 spiro atoms. The van der Waals surface area contributed by atoms with Gasteiger partial charge in [-0.1, -0.05) is 6.07 Å². The van der Waals surface area contributed by atoms with Crippen LogP contribution in [0.15, 0.2) is 77.6 Å². The maximum atomic E-state index is 14.7. The minimum atomic E-state index is -3.80. The topological polar surface area (TPSA) is 123 Å². The Balaban J connectivity index is 1.51. The highest BCUT2D eigenvalue weighted by Gasteiger charge is 2.29. The van der Waals surface area contributed by atoms with Gasteiger partial charge in [-0.15, -0.1) is 0 Å². The molecule has 0 fully saturated rings. The van der Waals surface area contributed by atoms with Crippen molar-refractivity contribution in [2.45, 2.75) is 12.8 Å². The van der Waals surface area contributed by atoms with Crippen LogP contribution in [0.1, 0.15) is 23.0 Å². The Bertz CT molecular complexity index is 2520. The number of halogens is 3. The number of anilines is 1. The van der Waals surface area contributed by atoms with E-state index in [1.54, 1.807) is 47.1 Å². The van der Waals surface area contributed by atoms with Crippen molar-refractivity contribution in [2.75, 3.05) is 24.7 Å². The van der Waals surface area contributed by atoms with Gasteiger partial charge >= 0.3 is 0 Å². The monoisotopic (exact) mass is 658 g/mol. The number of hydrogen-bond acceptors (Lipinski definition) is 7. The van der Waals surface area contributed by atoms with Crippen molar-refractivity contribution in [2.24, 2.45) is 0 Å². The van der Waals surface area contributed by atoms with Gasteiger partial charge in [0.15, 0.2) is 0 Å². The number of carbonyl (C=O) groups excluding carboxylic acids is 1. The summed E-state index contributed by atoms with van der Waals surface area (Å²) in [5.74, 6) is -4.05. The van der Waals surface area contributed by atoms with Gasteiger partial charge in [-0.3, -0.25) is 18.5 Å². The van der Waals surface area contributed by atoms with Crippen LogP contribution in [0.3, 0.4) is 0 Å². The summed E-state index contributed by atoms with van der Waals surface area (Å²) in [6.07, 6.45) is 3.82. The largest absolute Gasteiger partial charge is 0.455 e. The Morgan fingerprint density at radius 2 is 1.81 bits per heavy atom. The van der Waals surface area contributed by atoms with Gasteiger partial charge in [0.05, 0.1) is 39.8 Å². The fraction of sp³-hybridized carbons (Fsp3) is 0.152. The van der Waals surface area contributed by atoms with E-state index < -0.39 is 33.4 Å². The number of amides is 1. The molecule has 5 heterocycles. The van der Waals surface area contributed by atoms with Gasteiger partial charge in [0.2, 0.25) is 10.0 Å². The lowest BCUT2D eigenvalue weighted by Crippen LogP contribution is -2.25. The molecule has 2 aromatic carbocycles. The lowest BCUT2D eigenvalue weighted by Gasteiger charge is -2.20. The van der Waals surface area contributed by atoms with Crippen molar-refractivity contribution in [1.82, 2.24) is 24.7 Å². The van der Waals surface area contributed by atoms with Gasteiger partial charge in [0.1, 0.15) is 34.7 Å². The summed E-state index contributed by atoms with van der Waals surface area (Å²) in [7, 11) is -0.994. The van der Waals surface area contributed by atoms with Gasteiger partial charge in [0.25, 0.3) is 11.8 Å². The summed E-state index contributed by atoms with van der Waals surface area (Å²) < 4.78 is 77.0. The number of sulfonamides is 1. The number of pyridine rings is 2. The van der Waals surface area contributed by atoms with E-state index in [4.69, 9.17) is 9.40 Å². The first-order valence-electron chi connectivity index (χ1n) is 14.2. The molecule has 238 valence electrons. The van der Waals surface area contributed by atoms with Crippen LogP contribution in [0.4, 0.5) is 18.9 Å². The zero-order valence-electron chi connectivity index (χ0n) is 25.3. The summed E-state index contributed by atoms with van der Waals surface area (Å²) in [4.78, 5) is 26.5. The molecule has 0 radical (unpaired) electrons. The van der Waals surface area contributed by atoms with Crippen LogP contribution < -0.4 is 9.62 Å². The first-order valence-corrected chi connectivity index (χ1v) is 16.1. The molecule has 10 nitrogen and oxygen atoms in total. The molecule has 5 aromatic heterocycles. The number of hydrogen-bond donors (Lipinski definition) is 1. The predicted octanol–water partition coefficient (Wildman–Crippen LogP) is 6.52. The van der Waals surface area contributed by atoms with E-state index in [-0.39, 0.29) is 28.2 Å². The fourth-order valence-electron chi connectivity index (χ4n) is 5.65. The Kier molecular flexibility index (Phi) is 6.75. The molecular formula is C33H25F3N6O4S. The minimum absolute atomic E-state index is 0.0576. The van der Waals surface area contributed by atoms with Crippen LogP contribution in [0, 0.1) is 5.82 Å². The molecule has 0 saturated carbocycles. The Labute approximate surface area is 265 Å². The van der Waals surface area contributed by atoms with Crippen LogP contribution in [-0.4, -0.2) is 54.0 Å². The summed E-state index contributed by atoms with van der Waals surface area (Å²) in [5.41, 5.74) is 3.08. The number of fused-ring (bicyclic) bond motifs is 6. The highest BCUT2D eigenvalue weighted by molar-refractivity contribution is 7.92. The number of alkyl halides is 2. The molecular weight excluding hydrogens is 633 g/mol. The zero-order chi connectivity index (χ0) is 33.4. The molecule has 1 amide bonds. The number of furan rings is 1. The molecule has 0 unspecified atom stereocenters. The third-order valence-electron chi connectivity index (χ3n) is 8.11. The first-order chi connectivity index (χ1) is 22.3. The number of benzene rings is 2. The molecule has 7 rings (SSSR count). The second-order valence-corrected chi connectivity index (χ2v) is 13.2. The molecule has 1 N–H and O–H groups in total. The van der Waals surface area contributed by atoms with E-state index in [2.05, 4.69) is 15.3 Å². The molecule has 0 saturated heterocycles. The number of nitrogens with zero attached hydrogens (tertiary/aromatic N) is 5. The highest BCUT2D eigenvalue weighted by atomic mass is 32.2. The number of nitrogens with one attached hydrogen (secondary N) is 1. The quantitative estimate of drug-likeness (QED) is 0.216. The average Bonchev–Trinajstić information content (AvgIpc) is 3.62. The van der Waals surface area contributed by atoms with Gasteiger partial charge in [-0.25, -0.2) is 22.8 Å². The standard InChI is InChI=1S/C33H25F3N6O4S/c1-33(35,36)28-11-8-17(15-38-28)31-29(32(43)37-2)20-12-19(25(14-27(20)46-31)41(3)47(4,44)45)22-9-10-23-30(40-22)26-13-18-21(34)6-5-7-24(18)42(26)16-39-23/h5-16H,1-4H3,(H,37,43). The van der Waals surface area contributed by atoms with Crippen molar-refractivity contribution < 1.29 is 30.8 Å². The highest BCUT2D eigenvalue weighted by Crippen LogP contribution is 2.41. The van der Waals surface area contributed by atoms with Gasteiger partial charge in [0, 0.05) is 55.2 Å².